The van der Waals surface area contributed by atoms with Crippen LogP contribution >= 0.6 is 0 Å². The Labute approximate surface area is 130 Å². The zero-order valence-electron chi connectivity index (χ0n) is 13.4. The molecule has 0 saturated heterocycles. The molecule has 0 fully saturated rings. The molecule has 1 amide bonds. The van der Waals surface area contributed by atoms with Crippen molar-refractivity contribution >= 4 is 11.7 Å². The van der Waals surface area contributed by atoms with Gasteiger partial charge in [0, 0.05) is 13.0 Å². The summed E-state index contributed by atoms with van der Waals surface area (Å²) in [4.78, 5) is 26.1. The van der Waals surface area contributed by atoms with E-state index in [1.54, 1.807) is 24.0 Å². The summed E-state index contributed by atoms with van der Waals surface area (Å²) in [5.74, 6) is 0.117. The summed E-state index contributed by atoms with van der Waals surface area (Å²) in [6.07, 6.45) is 3.10. The molecule has 0 saturated carbocycles. The van der Waals surface area contributed by atoms with E-state index in [0.29, 0.717) is 18.1 Å². The van der Waals surface area contributed by atoms with Gasteiger partial charge >= 0.3 is 0 Å². The third-order valence-corrected chi connectivity index (χ3v) is 3.96. The highest BCUT2D eigenvalue weighted by Gasteiger charge is 2.44. The van der Waals surface area contributed by atoms with Gasteiger partial charge < -0.3 is 14.4 Å². The number of nitrogens with zero attached hydrogens (tertiary/aromatic N) is 1. The number of Topliss-reactive ketones (excluding diaryl/α,β-unsaturated/α-hetero) is 1. The summed E-state index contributed by atoms with van der Waals surface area (Å²) in [7, 11) is 0. The van der Waals surface area contributed by atoms with Crippen molar-refractivity contribution in [3.05, 3.63) is 35.0 Å². The van der Waals surface area contributed by atoms with Crippen LogP contribution < -0.4 is 0 Å². The van der Waals surface area contributed by atoms with Crippen molar-refractivity contribution in [3.8, 4) is 0 Å². The van der Waals surface area contributed by atoms with Gasteiger partial charge in [-0.15, -0.1) is 0 Å². The standard InChI is InChI=1S/C17H23NO4/c1-4-6-7-10-18-15(13-9-8-11(3)22-13)14(12(19)5-2)16(20)17(18)21/h8-9,15,20H,4-7,10H2,1-3H3. The van der Waals surface area contributed by atoms with E-state index in [0.717, 1.165) is 19.3 Å². The third-order valence-electron chi connectivity index (χ3n) is 3.96. The zero-order valence-corrected chi connectivity index (χ0v) is 13.4. The number of furan rings is 1. The molecule has 5 nitrogen and oxygen atoms in total. The number of carbonyl (C=O) groups excluding carboxylic acids is 2. The molecule has 1 N–H and O–H groups in total. The largest absolute Gasteiger partial charge is 0.503 e. The average Bonchev–Trinajstić information content (AvgIpc) is 3.03. The number of hydrogen-bond acceptors (Lipinski definition) is 4. The Hall–Kier alpha value is -2.04. The average molecular weight is 305 g/mol. The van der Waals surface area contributed by atoms with E-state index in [1.165, 1.54) is 0 Å². The summed E-state index contributed by atoms with van der Waals surface area (Å²) in [6, 6.07) is 2.96. The van der Waals surface area contributed by atoms with E-state index >= 15 is 0 Å². The van der Waals surface area contributed by atoms with Gasteiger partial charge in [-0.2, -0.15) is 0 Å². The fourth-order valence-corrected chi connectivity index (χ4v) is 2.79. The molecule has 2 heterocycles. The van der Waals surface area contributed by atoms with Crippen molar-refractivity contribution in [1.82, 2.24) is 4.90 Å². The summed E-state index contributed by atoms with van der Waals surface area (Å²) >= 11 is 0. The Bertz CT molecular complexity index is 600. The summed E-state index contributed by atoms with van der Waals surface area (Å²) in [5, 5.41) is 10.2. The lowest BCUT2D eigenvalue weighted by Gasteiger charge is -2.24. The van der Waals surface area contributed by atoms with Crippen LogP contribution in [0.5, 0.6) is 0 Å². The highest BCUT2D eigenvalue weighted by Crippen LogP contribution is 2.38. The first kappa shape index (κ1) is 16.3. The molecule has 0 spiro atoms. The summed E-state index contributed by atoms with van der Waals surface area (Å²) < 4.78 is 5.63. The molecular formula is C17H23NO4. The molecular weight excluding hydrogens is 282 g/mol. The third kappa shape index (κ3) is 2.93. The Kier molecular flexibility index (Phi) is 5.06. The number of hydrogen-bond donors (Lipinski definition) is 1. The van der Waals surface area contributed by atoms with Gasteiger partial charge in [0.05, 0.1) is 5.57 Å². The van der Waals surface area contributed by atoms with Crippen molar-refractivity contribution in [2.45, 2.75) is 52.5 Å². The number of aliphatic hydroxyl groups is 1. The monoisotopic (exact) mass is 305 g/mol. The minimum Gasteiger partial charge on any atom is -0.503 e. The fraction of sp³-hybridized carbons (Fsp3) is 0.529. The van der Waals surface area contributed by atoms with Gasteiger partial charge in [0.2, 0.25) is 0 Å². The number of aliphatic hydroxyl groups excluding tert-OH is 1. The number of amides is 1. The fourth-order valence-electron chi connectivity index (χ4n) is 2.79. The predicted molar refractivity (Wildman–Crippen MR) is 82.4 cm³/mol. The number of unbranched alkanes of at least 4 members (excludes halogenated alkanes) is 2. The van der Waals surface area contributed by atoms with Gasteiger partial charge in [-0.25, -0.2) is 0 Å². The summed E-state index contributed by atoms with van der Waals surface area (Å²) in [6.45, 7) is 6.12. The first-order valence-corrected chi connectivity index (χ1v) is 7.84. The smallest absolute Gasteiger partial charge is 0.290 e. The van der Waals surface area contributed by atoms with E-state index in [9.17, 15) is 14.7 Å². The maximum atomic E-state index is 12.3. The normalized spacial score (nSPS) is 18.4. The number of carbonyl (C=O) groups is 2. The van der Waals surface area contributed by atoms with E-state index in [2.05, 4.69) is 6.92 Å². The molecule has 0 bridgehead atoms. The van der Waals surface area contributed by atoms with Crippen molar-refractivity contribution < 1.29 is 19.1 Å². The van der Waals surface area contributed by atoms with Gasteiger partial charge in [-0.1, -0.05) is 26.7 Å². The molecule has 1 aromatic rings. The highest BCUT2D eigenvalue weighted by molar-refractivity contribution is 6.08. The maximum Gasteiger partial charge on any atom is 0.290 e. The van der Waals surface area contributed by atoms with Gasteiger partial charge in [-0.3, -0.25) is 9.59 Å². The van der Waals surface area contributed by atoms with E-state index < -0.39 is 17.7 Å². The molecule has 0 aliphatic carbocycles. The Morgan fingerprint density at radius 3 is 2.59 bits per heavy atom. The quantitative estimate of drug-likeness (QED) is 0.783. The van der Waals surface area contributed by atoms with Crippen LogP contribution in [0.3, 0.4) is 0 Å². The lowest BCUT2D eigenvalue weighted by atomic mass is 9.99. The number of aryl methyl sites for hydroxylation is 1. The Morgan fingerprint density at radius 1 is 1.32 bits per heavy atom. The lowest BCUT2D eigenvalue weighted by Crippen LogP contribution is -2.31. The first-order valence-electron chi connectivity index (χ1n) is 7.84. The molecule has 5 heteroatoms. The highest BCUT2D eigenvalue weighted by atomic mass is 16.3. The molecule has 1 unspecified atom stereocenters. The van der Waals surface area contributed by atoms with Gasteiger partial charge in [0.25, 0.3) is 5.91 Å². The molecule has 22 heavy (non-hydrogen) atoms. The minimum absolute atomic E-state index is 0.165. The van der Waals surface area contributed by atoms with Gasteiger partial charge in [-0.05, 0) is 25.5 Å². The van der Waals surface area contributed by atoms with E-state index in [4.69, 9.17) is 4.42 Å². The van der Waals surface area contributed by atoms with E-state index in [-0.39, 0.29) is 17.8 Å². The molecule has 1 aromatic heterocycles. The first-order chi connectivity index (χ1) is 10.5. The maximum absolute atomic E-state index is 12.3. The second kappa shape index (κ2) is 6.81. The van der Waals surface area contributed by atoms with Gasteiger partial charge in [0.1, 0.15) is 17.6 Å². The molecule has 2 rings (SSSR count). The molecule has 120 valence electrons. The van der Waals surface area contributed by atoms with Gasteiger partial charge in [0.15, 0.2) is 11.5 Å². The molecule has 1 aliphatic heterocycles. The predicted octanol–water partition coefficient (Wildman–Crippen LogP) is 3.45. The SMILES string of the molecule is CCCCCN1C(=O)C(O)=C(C(=O)CC)C1c1ccc(C)o1. The van der Waals surface area contributed by atoms with Crippen molar-refractivity contribution in [1.29, 1.82) is 0 Å². The Balaban J connectivity index is 2.38. The van der Waals surface area contributed by atoms with Crippen LogP contribution in [-0.2, 0) is 9.59 Å². The van der Waals surface area contributed by atoms with Crippen LogP contribution in [0.15, 0.2) is 27.9 Å². The molecule has 0 aromatic carbocycles. The lowest BCUT2D eigenvalue weighted by molar-refractivity contribution is -0.129. The van der Waals surface area contributed by atoms with Crippen LogP contribution in [0.4, 0.5) is 0 Å². The summed E-state index contributed by atoms with van der Waals surface area (Å²) in [5.41, 5.74) is 0.165. The van der Waals surface area contributed by atoms with E-state index in [1.807, 2.05) is 6.92 Å². The second-order valence-electron chi connectivity index (χ2n) is 5.60. The number of rotatable bonds is 7. The minimum atomic E-state index is -0.606. The molecule has 1 atom stereocenters. The second-order valence-corrected chi connectivity index (χ2v) is 5.60. The zero-order chi connectivity index (χ0) is 16.3. The molecule has 1 aliphatic rings. The van der Waals surface area contributed by atoms with Crippen molar-refractivity contribution in [3.63, 3.8) is 0 Å². The topological polar surface area (TPSA) is 70.8 Å². The van der Waals surface area contributed by atoms with Crippen LogP contribution in [0.25, 0.3) is 0 Å². The molecule has 0 radical (unpaired) electrons. The van der Waals surface area contributed by atoms with Crippen molar-refractivity contribution in [2.24, 2.45) is 0 Å². The number of ketones is 1. The van der Waals surface area contributed by atoms with Crippen LogP contribution in [0.1, 0.15) is 57.1 Å². The van der Waals surface area contributed by atoms with Crippen LogP contribution in [0.2, 0.25) is 0 Å². The van der Waals surface area contributed by atoms with Crippen LogP contribution in [0, 0.1) is 6.92 Å². The Morgan fingerprint density at radius 2 is 2.05 bits per heavy atom. The van der Waals surface area contributed by atoms with Crippen LogP contribution in [-0.4, -0.2) is 28.2 Å². The van der Waals surface area contributed by atoms with Crippen molar-refractivity contribution in [2.75, 3.05) is 6.54 Å².